The van der Waals surface area contributed by atoms with Crippen molar-refractivity contribution in [2.75, 3.05) is 5.32 Å². The number of hydrogen-bond acceptors (Lipinski definition) is 5. The molecule has 3 N–H and O–H groups in total. The lowest BCUT2D eigenvalue weighted by Crippen LogP contribution is -2.26. The molecule has 0 spiro atoms. The number of halogens is 2. The van der Waals surface area contributed by atoms with E-state index in [9.17, 15) is 5.11 Å². The fraction of sp³-hybridized carbons (Fsp3) is 0. The third kappa shape index (κ3) is 2.87. The number of benzene rings is 2. The summed E-state index contributed by atoms with van der Waals surface area (Å²) in [6.07, 6.45) is 0. The molecule has 0 atom stereocenters. The second-order valence-corrected chi connectivity index (χ2v) is 6.27. The Morgan fingerprint density at radius 3 is 2.75 bits per heavy atom. The van der Waals surface area contributed by atoms with Crippen LogP contribution < -0.4 is 10.0 Å². The van der Waals surface area contributed by atoms with Gasteiger partial charge in [0.05, 0.1) is 4.90 Å². The minimum absolute atomic E-state index is 0.0663. The Balaban J connectivity index is 1.89. The number of phenols is 1. The van der Waals surface area contributed by atoms with Crippen LogP contribution in [0.2, 0.25) is 5.02 Å². The van der Waals surface area contributed by atoms with E-state index >= 15 is 0 Å². The van der Waals surface area contributed by atoms with E-state index in [4.69, 9.17) is 11.6 Å². The van der Waals surface area contributed by atoms with Gasteiger partial charge >= 0.3 is 0 Å². The highest BCUT2D eigenvalue weighted by Gasteiger charge is 2.16. The highest BCUT2D eigenvalue weighted by Crippen LogP contribution is 2.40. The lowest BCUT2D eigenvalue weighted by atomic mass is 10.3. The molecular formula is C13H9BrClN3OS. The van der Waals surface area contributed by atoms with Gasteiger partial charge in [-0.2, -0.15) is 0 Å². The molecule has 3 rings (SSSR count). The molecule has 0 amide bonds. The highest BCUT2D eigenvalue weighted by molar-refractivity contribution is 9.10. The molecule has 20 heavy (non-hydrogen) atoms. The van der Waals surface area contributed by atoms with E-state index in [1.165, 1.54) is 18.0 Å². The van der Waals surface area contributed by atoms with Gasteiger partial charge < -0.3 is 10.4 Å². The highest BCUT2D eigenvalue weighted by atomic mass is 79.9. The van der Waals surface area contributed by atoms with Crippen molar-refractivity contribution >= 4 is 56.8 Å². The molecule has 102 valence electrons. The quantitative estimate of drug-likeness (QED) is 0.646. The van der Waals surface area contributed by atoms with E-state index < -0.39 is 0 Å². The molecule has 4 nitrogen and oxygen atoms in total. The van der Waals surface area contributed by atoms with Crippen LogP contribution in [0.15, 0.2) is 50.8 Å². The fourth-order valence-corrected chi connectivity index (χ4v) is 2.99. The van der Waals surface area contributed by atoms with E-state index in [1.807, 2.05) is 24.3 Å². The molecule has 0 radical (unpaired) electrons. The van der Waals surface area contributed by atoms with Crippen LogP contribution in [0.4, 0.5) is 11.4 Å². The normalized spacial score (nSPS) is 13.2. The first-order valence-corrected chi connectivity index (χ1v) is 7.67. The van der Waals surface area contributed by atoms with Crippen LogP contribution in [-0.4, -0.2) is 11.1 Å². The Kier molecular flexibility index (Phi) is 3.78. The first kappa shape index (κ1) is 13.6. The molecule has 0 saturated heterocycles. The van der Waals surface area contributed by atoms with Crippen LogP contribution in [-0.2, 0) is 0 Å². The minimum atomic E-state index is 0.0663. The Hall–Kier alpha value is -1.37. The van der Waals surface area contributed by atoms with Crippen molar-refractivity contribution < 1.29 is 5.11 Å². The third-order valence-electron chi connectivity index (χ3n) is 2.61. The lowest BCUT2D eigenvalue weighted by Gasteiger charge is -2.18. The molecule has 0 unspecified atom stereocenters. The molecular weight excluding hydrogens is 362 g/mol. The SMILES string of the molecule is Oc1cc(Cl)cc2c1N=C(Nc1ccc(Br)cc1)NS2. The molecule has 1 heterocycles. The topological polar surface area (TPSA) is 56.7 Å². The van der Waals surface area contributed by atoms with Crippen LogP contribution in [0.5, 0.6) is 5.75 Å². The maximum atomic E-state index is 9.89. The molecule has 0 saturated carbocycles. The number of nitrogens with one attached hydrogen (secondary N) is 2. The molecule has 0 fully saturated rings. The van der Waals surface area contributed by atoms with Crippen molar-refractivity contribution in [2.45, 2.75) is 4.90 Å². The van der Waals surface area contributed by atoms with Gasteiger partial charge in [-0.3, -0.25) is 4.72 Å². The third-order valence-corrected chi connectivity index (χ3v) is 4.18. The Morgan fingerprint density at radius 1 is 1.25 bits per heavy atom. The summed E-state index contributed by atoms with van der Waals surface area (Å²) in [6.45, 7) is 0. The fourth-order valence-electron chi connectivity index (χ4n) is 1.71. The zero-order chi connectivity index (χ0) is 14.1. The number of nitrogens with zero attached hydrogens (tertiary/aromatic N) is 1. The second kappa shape index (κ2) is 5.55. The van der Waals surface area contributed by atoms with E-state index in [1.54, 1.807) is 6.07 Å². The van der Waals surface area contributed by atoms with Gasteiger partial charge in [0.1, 0.15) is 11.4 Å². The summed E-state index contributed by atoms with van der Waals surface area (Å²) >= 11 is 10.6. The van der Waals surface area contributed by atoms with Crippen molar-refractivity contribution in [1.29, 1.82) is 0 Å². The monoisotopic (exact) mass is 369 g/mol. The number of hydrogen-bond donors (Lipinski definition) is 3. The summed E-state index contributed by atoms with van der Waals surface area (Å²) in [5.74, 6) is 0.624. The van der Waals surface area contributed by atoms with E-state index in [2.05, 4.69) is 31.0 Å². The molecule has 7 heteroatoms. The summed E-state index contributed by atoms with van der Waals surface area (Å²) in [4.78, 5) is 5.15. The maximum Gasteiger partial charge on any atom is 0.211 e. The molecule has 0 bridgehead atoms. The summed E-state index contributed by atoms with van der Waals surface area (Å²) in [6, 6.07) is 11.0. The predicted octanol–water partition coefficient (Wildman–Crippen LogP) is 4.52. The zero-order valence-corrected chi connectivity index (χ0v) is 13.2. The number of aromatic hydroxyl groups is 1. The maximum absolute atomic E-state index is 9.89. The van der Waals surface area contributed by atoms with Crippen LogP contribution in [0, 0.1) is 0 Å². The standard InChI is InChI=1S/C13H9BrClN3OS/c14-7-1-3-9(4-2-7)16-13-17-12-10(19)5-8(15)6-11(12)20-18-13/h1-6,19H,(H2,16,17,18). The largest absolute Gasteiger partial charge is 0.506 e. The van der Waals surface area contributed by atoms with Gasteiger partial charge in [0, 0.05) is 21.2 Å². The van der Waals surface area contributed by atoms with Crippen molar-refractivity contribution in [3.63, 3.8) is 0 Å². The number of fused-ring (bicyclic) bond motifs is 1. The first-order valence-electron chi connectivity index (χ1n) is 5.68. The molecule has 1 aliphatic heterocycles. The van der Waals surface area contributed by atoms with E-state index in [-0.39, 0.29) is 5.75 Å². The summed E-state index contributed by atoms with van der Waals surface area (Å²) in [5.41, 5.74) is 1.41. The number of guanidine groups is 1. The van der Waals surface area contributed by atoms with Crippen LogP contribution in [0.25, 0.3) is 0 Å². The van der Waals surface area contributed by atoms with Crippen LogP contribution >= 0.6 is 39.5 Å². The first-order chi connectivity index (χ1) is 9.61. The van der Waals surface area contributed by atoms with Crippen molar-refractivity contribution in [3.05, 3.63) is 45.9 Å². The smallest absolute Gasteiger partial charge is 0.211 e. The molecule has 0 aliphatic carbocycles. The molecule has 0 aromatic heterocycles. The number of anilines is 1. The average Bonchev–Trinajstić information content (AvgIpc) is 2.42. The minimum Gasteiger partial charge on any atom is -0.506 e. The van der Waals surface area contributed by atoms with Crippen molar-refractivity contribution in [3.8, 4) is 5.75 Å². The summed E-state index contributed by atoms with van der Waals surface area (Å²) in [5, 5.41) is 13.5. The number of aliphatic imine (C=N–C) groups is 1. The van der Waals surface area contributed by atoms with Crippen LogP contribution in [0.3, 0.4) is 0 Å². The van der Waals surface area contributed by atoms with E-state index in [0.717, 1.165) is 15.1 Å². The lowest BCUT2D eigenvalue weighted by molar-refractivity contribution is 0.475. The average molecular weight is 371 g/mol. The van der Waals surface area contributed by atoms with Gasteiger partial charge in [-0.05, 0) is 42.3 Å². The molecule has 1 aliphatic rings. The Bertz CT molecular complexity index is 691. The zero-order valence-electron chi connectivity index (χ0n) is 10.0. The second-order valence-electron chi connectivity index (χ2n) is 4.07. The Morgan fingerprint density at radius 2 is 2.00 bits per heavy atom. The van der Waals surface area contributed by atoms with E-state index in [0.29, 0.717) is 16.7 Å². The molecule has 2 aromatic carbocycles. The van der Waals surface area contributed by atoms with Crippen molar-refractivity contribution in [2.24, 2.45) is 4.99 Å². The Labute approximate surface area is 133 Å². The van der Waals surface area contributed by atoms with Gasteiger partial charge in [-0.15, -0.1) is 0 Å². The number of rotatable bonds is 1. The van der Waals surface area contributed by atoms with Gasteiger partial charge in [0.2, 0.25) is 5.96 Å². The van der Waals surface area contributed by atoms with Crippen LogP contribution in [0.1, 0.15) is 0 Å². The van der Waals surface area contributed by atoms with Gasteiger partial charge in [-0.1, -0.05) is 27.5 Å². The number of phenolic OH excluding ortho intramolecular Hbond substituents is 1. The van der Waals surface area contributed by atoms with Gasteiger partial charge in [0.15, 0.2) is 0 Å². The van der Waals surface area contributed by atoms with Gasteiger partial charge in [0.25, 0.3) is 0 Å². The van der Waals surface area contributed by atoms with Gasteiger partial charge in [-0.25, -0.2) is 4.99 Å². The summed E-state index contributed by atoms with van der Waals surface area (Å²) < 4.78 is 4.07. The molecule has 2 aromatic rings. The van der Waals surface area contributed by atoms with Crippen molar-refractivity contribution in [1.82, 2.24) is 4.72 Å². The summed E-state index contributed by atoms with van der Waals surface area (Å²) in [7, 11) is 0. The predicted molar refractivity (Wildman–Crippen MR) is 87.0 cm³/mol.